The molecule has 0 fully saturated rings. The Labute approximate surface area is 145 Å². The Balaban J connectivity index is 1.89. The van der Waals surface area contributed by atoms with E-state index in [-0.39, 0.29) is 10.7 Å². The Bertz CT molecular complexity index is 1050. The minimum absolute atomic E-state index is 0.0280. The number of nitrogens with two attached hydrogens (primary N) is 1. The topological polar surface area (TPSA) is 115 Å². The molecule has 0 spiro atoms. The molecule has 2 aromatic carbocycles. The predicted molar refractivity (Wildman–Crippen MR) is 95.3 cm³/mol. The lowest BCUT2D eigenvalue weighted by Gasteiger charge is -2.07. The van der Waals surface area contributed by atoms with Crippen molar-refractivity contribution in [3.05, 3.63) is 54.2 Å². The molecule has 0 atom stereocenters. The van der Waals surface area contributed by atoms with Crippen LogP contribution in [0.2, 0.25) is 0 Å². The quantitative estimate of drug-likeness (QED) is 0.679. The zero-order valence-electron chi connectivity index (χ0n) is 13.4. The van der Waals surface area contributed by atoms with Crippen molar-refractivity contribution in [3.63, 3.8) is 0 Å². The first-order chi connectivity index (χ1) is 11.9. The van der Waals surface area contributed by atoms with E-state index in [2.05, 4.69) is 15.3 Å². The summed E-state index contributed by atoms with van der Waals surface area (Å²) in [6, 6.07) is 11.2. The Hall–Kier alpha value is -2.84. The third kappa shape index (κ3) is 3.81. The van der Waals surface area contributed by atoms with Gasteiger partial charge in [0.1, 0.15) is 0 Å². The Morgan fingerprint density at radius 3 is 2.52 bits per heavy atom. The number of carbonyl (C=O) groups excluding carboxylic acids is 1. The molecule has 0 aliphatic heterocycles. The highest BCUT2D eigenvalue weighted by Crippen LogP contribution is 2.19. The van der Waals surface area contributed by atoms with Crippen LogP contribution < -0.4 is 10.5 Å². The summed E-state index contributed by atoms with van der Waals surface area (Å²) in [5.74, 6) is 0.394. The molecule has 0 saturated carbocycles. The van der Waals surface area contributed by atoms with Gasteiger partial charge >= 0.3 is 0 Å². The van der Waals surface area contributed by atoms with E-state index in [4.69, 9.17) is 5.14 Å². The fraction of sp³-hybridized carbons (Fsp3) is 0.118. The molecular weight excluding hydrogens is 340 g/mol. The predicted octanol–water partition coefficient (Wildman–Crippen LogP) is 2.61. The zero-order chi connectivity index (χ0) is 18.0. The van der Waals surface area contributed by atoms with Crippen molar-refractivity contribution in [2.45, 2.75) is 18.2 Å². The summed E-state index contributed by atoms with van der Waals surface area (Å²) in [6.07, 6.45) is 2.08. The second kappa shape index (κ2) is 6.58. The summed E-state index contributed by atoms with van der Waals surface area (Å²) < 4.78 is 22.5. The monoisotopic (exact) mass is 356 g/mol. The van der Waals surface area contributed by atoms with Crippen molar-refractivity contribution in [1.29, 1.82) is 0 Å². The number of aromatic nitrogens is 2. The van der Waals surface area contributed by atoms with Gasteiger partial charge in [0.2, 0.25) is 16.0 Å². The number of fused-ring (bicyclic) bond motifs is 1. The summed E-state index contributed by atoms with van der Waals surface area (Å²) in [5.41, 5.74) is 1.88. The molecule has 0 unspecified atom stereocenters. The summed E-state index contributed by atoms with van der Waals surface area (Å²) in [6.45, 7) is 1.81. The Morgan fingerprint density at radius 2 is 1.88 bits per heavy atom. The molecule has 3 aromatic rings. The molecule has 0 saturated heterocycles. The van der Waals surface area contributed by atoms with Gasteiger partial charge in [-0.25, -0.2) is 23.5 Å². The molecule has 128 valence electrons. The molecule has 8 heteroatoms. The molecule has 25 heavy (non-hydrogen) atoms. The van der Waals surface area contributed by atoms with Crippen LogP contribution in [0, 0.1) is 0 Å². The van der Waals surface area contributed by atoms with E-state index in [9.17, 15) is 13.2 Å². The standard InChI is InChI=1S/C17H16N4O3S/c1-2-16(22)11-3-4-12-10-19-17(21-15(12)9-11)20-13-5-7-14(8-6-13)25(18,23)24/h3-10H,2H2,1H3,(H2,18,23,24)(H,19,20,21). The average molecular weight is 356 g/mol. The molecule has 1 aromatic heterocycles. The molecule has 0 amide bonds. The first-order valence-electron chi connectivity index (χ1n) is 7.57. The van der Waals surface area contributed by atoms with Gasteiger partial charge in [0.25, 0.3) is 0 Å². The number of benzene rings is 2. The highest BCUT2D eigenvalue weighted by Gasteiger charge is 2.08. The van der Waals surface area contributed by atoms with Crippen LogP contribution >= 0.6 is 0 Å². The molecule has 1 heterocycles. The molecule has 7 nitrogen and oxygen atoms in total. The van der Waals surface area contributed by atoms with Crippen LogP contribution in [0.5, 0.6) is 0 Å². The molecule has 3 rings (SSSR count). The van der Waals surface area contributed by atoms with Crippen LogP contribution in [0.4, 0.5) is 11.6 Å². The van der Waals surface area contributed by atoms with Gasteiger partial charge < -0.3 is 5.32 Å². The van der Waals surface area contributed by atoms with E-state index in [0.29, 0.717) is 29.1 Å². The first kappa shape index (κ1) is 17.0. The lowest BCUT2D eigenvalue weighted by Crippen LogP contribution is -2.11. The maximum Gasteiger partial charge on any atom is 0.238 e. The Kier molecular flexibility index (Phi) is 4.47. The average Bonchev–Trinajstić information content (AvgIpc) is 2.60. The van der Waals surface area contributed by atoms with Crippen LogP contribution in [0.3, 0.4) is 0 Å². The zero-order valence-corrected chi connectivity index (χ0v) is 14.2. The number of ketones is 1. The number of anilines is 2. The van der Waals surface area contributed by atoms with Crippen molar-refractivity contribution < 1.29 is 13.2 Å². The molecule has 0 radical (unpaired) electrons. The number of nitrogens with zero attached hydrogens (tertiary/aromatic N) is 2. The largest absolute Gasteiger partial charge is 0.324 e. The highest BCUT2D eigenvalue weighted by molar-refractivity contribution is 7.89. The van der Waals surface area contributed by atoms with E-state index in [1.165, 1.54) is 12.1 Å². The second-order valence-corrected chi connectivity index (χ2v) is 7.00. The second-order valence-electron chi connectivity index (χ2n) is 5.44. The first-order valence-corrected chi connectivity index (χ1v) is 9.11. The summed E-state index contributed by atoms with van der Waals surface area (Å²) >= 11 is 0. The number of hydrogen-bond donors (Lipinski definition) is 2. The van der Waals surface area contributed by atoms with Crippen LogP contribution in [0.15, 0.2) is 53.6 Å². The van der Waals surface area contributed by atoms with Crippen molar-refractivity contribution in [2.75, 3.05) is 5.32 Å². The lowest BCUT2D eigenvalue weighted by molar-refractivity contribution is 0.0988. The number of rotatable bonds is 5. The van der Waals surface area contributed by atoms with Gasteiger partial charge in [-0.3, -0.25) is 4.79 Å². The third-order valence-electron chi connectivity index (χ3n) is 3.66. The highest BCUT2D eigenvalue weighted by atomic mass is 32.2. The van der Waals surface area contributed by atoms with Gasteiger partial charge in [-0.2, -0.15) is 0 Å². The van der Waals surface area contributed by atoms with E-state index in [0.717, 1.165) is 5.39 Å². The number of hydrogen-bond acceptors (Lipinski definition) is 6. The molecule has 0 bridgehead atoms. The van der Waals surface area contributed by atoms with E-state index in [1.54, 1.807) is 30.5 Å². The van der Waals surface area contributed by atoms with E-state index >= 15 is 0 Å². The number of primary sulfonamides is 1. The fourth-order valence-corrected chi connectivity index (χ4v) is 2.83. The number of sulfonamides is 1. The van der Waals surface area contributed by atoms with Crippen LogP contribution in [0.25, 0.3) is 10.9 Å². The molecule has 3 N–H and O–H groups in total. The van der Waals surface area contributed by atoms with Gasteiger partial charge in [-0.15, -0.1) is 0 Å². The van der Waals surface area contributed by atoms with Crippen LogP contribution in [-0.4, -0.2) is 24.2 Å². The number of Topliss-reactive ketones (excluding diaryl/α,β-unsaturated/α-hetero) is 1. The van der Waals surface area contributed by atoms with E-state index in [1.807, 2.05) is 13.0 Å². The fourth-order valence-electron chi connectivity index (χ4n) is 2.32. The minimum Gasteiger partial charge on any atom is -0.324 e. The lowest BCUT2D eigenvalue weighted by atomic mass is 10.1. The van der Waals surface area contributed by atoms with E-state index < -0.39 is 10.0 Å². The summed E-state index contributed by atoms with van der Waals surface area (Å²) in [4.78, 5) is 20.5. The normalized spacial score (nSPS) is 11.4. The Morgan fingerprint density at radius 1 is 1.16 bits per heavy atom. The molecular formula is C17H16N4O3S. The van der Waals surface area contributed by atoms with Gasteiger partial charge in [-0.05, 0) is 30.3 Å². The summed E-state index contributed by atoms with van der Waals surface area (Å²) in [5, 5.41) is 8.89. The molecule has 0 aliphatic rings. The summed E-state index contributed by atoms with van der Waals surface area (Å²) in [7, 11) is -3.73. The maximum atomic E-state index is 11.8. The van der Waals surface area contributed by atoms with Gasteiger partial charge in [-0.1, -0.05) is 19.1 Å². The third-order valence-corrected chi connectivity index (χ3v) is 4.59. The SMILES string of the molecule is CCC(=O)c1ccc2cnc(Nc3ccc(S(N)(=O)=O)cc3)nc2c1. The maximum absolute atomic E-state index is 11.8. The smallest absolute Gasteiger partial charge is 0.238 e. The van der Waals surface area contributed by atoms with Gasteiger partial charge in [0.15, 0.2) is 5.78 Å². The number of nitrogens with one attached hydrogen (secondary N) is 1. The molecule has 0 aliphatic carbocycles. The minimum atomic E-state index is -3.73. The van der Waals surface area contributed by atoms with Crippen molar-refractivity contribution in [3.8, 4) is 0 Å². The van der Waals surface area contributed by atoms with Gasteiger partial charge in [0.05, 0.1) is 10.4 Å². The van der Waals surface area contributed by atoms with Crippen LogP contribution in [0.1, 0.15) is 23.7 Å². The van der Waals surface area contributed by atoms with Crippen LogP contribution in [-0.2, 0) is 10.0 Å². The van der Waals surface area contributed by atoms with Crippen molar-refractivity contribution in [2.24, 2.45) is 5.14 Å². The number of carbonyl (C=O) groups is 1. The van der Waals surface area contributed by atoms with Gasteiger partial charge in [0, 0.05) is 29.3 Å². The van der Waals surface area contributed by atoms with Crippen molar-refractivity contribution >= 4 is 38.3 Å². The van der Waals surface area contributed by atoms with Crippen molar-refractivity contribution in [1.82, 2.24) is 9.97 Å².